The van der Waals surface area contributed by atoms with E-state index < -0.39 is 0 Å². The molecular weight excluding hydrogens is 338 g/mol. The van der Waals surface area contributed by atoms with Crippen molar-refractivity contribution in [3.8, 4) is 0 Å². The van der Waals surface area contributed by atoms with Crippen LogP contribution in [-0.2, 0) is 4.79 Å². The van der Waals surface area contributed by atoms with Gasteiger partial charge in [0, 0.05) is 44.8 Å². The fourth-order valence-corrected chi connectivity index (χ4v) is 4.09. The molecule has 2 aliphatic heterocycles. The van der Waals surface area contributed by atoms with Gasteiger partial charge in [0.05, 0.1) is 6.54 Å². The van der Waals surface area contributed by atoms with Crippen LogP contribution in [0.25, 0.3) is 10.8 Å². The summed E-state index contributed by atoms with van der Waals surface area (Å²) >= 11 is 0. The number of nitrogens with zero attached hydrogens (tertiary/aromatic N) is 3. The summed E-state index contributed by atoms with van der Waals surface area (Å²) in [7, 11) is 0. The third-order valence-electron chi connectivity index (χ3n) is 5.69. The predicted molar refractivity (Wildman–Crippen MR) is 107 cm³/mol. The number of hydrogen-bond acceptors (Lipinski definition) is 3. The Morgan fingerprint density at radius 2 is 1.48 bits per heavy atom. The molecule has 2 heterocycles. The van der Waals surface area contributed by atoms with E-state index in [9.17, 15) is 9.59 Å². The third kappa shape index (κ3) is 4.14. The van der Waals surface area contributed by atoms with Crippen LogP contribution in [0.3, 0.4) is 0 Å². The molecule has 0 N–H and O–H groups in total. The molecule has 27 heavy (non-hydrogen) atoms. The second-order valence-electron chi connectivity index (χ2n) is 7.57. The molecule has 0 atom stereocenters. The monoisotopic (exact) mass is 365 g/mol. The van der Waals surface area contributed by atoms with Gasteiger partial charge in [0.15, 0.2) is 0 Å². The summed E-state index contributed by atoms with van der Waals surface area (Å²) in [5.41, 5.74) is 0.746. The Kier molecular flexibility index (Phi) is 5.39. The van der Waals surface area contributed by atoms with Crippen LogP contribution in [0.15, 0.2) is 42.5 Å². The average Bonchev–Trinajstić information content (AvgIpc) is 3.15. The van der Waals surface area contributed by atoms with Gasteiger partial charge in [-0.1, -0.05) is 30.3 Å². The molecule has 0 bridgehead atoms. The number of rotatable bonds is 3. The molecule has 0 spiro atoms. The van der Waals surface area contributed by atoms with Crippen LogP contribution in [0, 0.1) is 0 Å². The number of benzene rings is 2. The highest BCUT2D eigenvalue weighted by atomic mass is 16.2. The number of fused-ring (bicyclic) bond motifs is 1. The van der Waals surface area contributed by atoms with Crippen molar-refractivity contribution < 1.29 is 9.59 Å². The van der Waals surface area contributed by atoms with Gasteiger partial charge in [-0.05, 0) is 42.2 Å². The van der Waals surface area contributed by atoms with Crippen LogP contribution < -0.4 is 0 Å². The quantitative estimate of drug-likeness (QED) is 0.840. The van der Waals surface area contributed by atoms with Crippen molar-refractivity contribution >= 4 is 22.6 Å². The zero-order chi connectivity index (χ0) is 18.6. The normalized spacial score (nSPS) is 18.7. The van der Waals surface area contributed by atoms with E-state index in [-0.39, 0.29) is 11.8 Å². The first-order valence-electron chi connectivity index (χ1n) is 9.99. The first-order valence-corrected chi connectivity index (χ1v) is 9.99. The Hall–Kier alpha value is -2.40. The summed E-state index contributed by atoms with van der Waals surface area (Å²) < 4.78 is 0. The molecule has 0 saturated carbocycles. The minimum atomic E-state index is 0.0912. The Bertz CT molecular complexity index is 829. The number of amides is 2. The fraction of sp³-hybridized carbons (Fsp3) is 0.455. The first-order chi connectivity index (χ1) is 13.2. The highest BCUT2D eigenvalue weighted by Crippen LogP contribution is 2.18. The highest BCUT2D eigenvalue weighted by molar-refractivity contribution is 5.98. The Labute approximate surface area is 160 Å². The van der Waals surface area contributed by atoms with Crippen LogP contribution in [0.1, 0.15) is 29.6 Å². The molecular formula is C22H27N3O2. The highest BCUT2D eigenvalue weighted by Gasteiger charge is 2.24. The molecule has 2 aromatic carbocycles. The lowest BCUT2D eigenvalue weighted by atomic mass is 10.1. The van der Waals surface area contributed by atoms with E-state index in [0.717, 1.165) is 68.3 Å². The van der Waals surface area contributed by atoms with Crippen LogP contribution >= 0.6 is 0 Å². The Morgan fingerprint density at radius 3 is 2.30 bits per heavy atom. The topological polar surface area (TPSA) is 43.9 Å². The van der Waals surface area contributed by atoms with E-state index in [1.54, 1.807) is 0 Å². The van der Waals surface area contributed by atoms with Crippen LogP contribution in [0.5, 0.6) is 0 Å². The van der Waals surface area contributed by atoms with Crippen molar-refractivity contribution in [1.29, 1.82) is 0 Å². The molecule has 0 unspecified atom stereocenters. The summed E-state index contributed by atoms with van der Waals surface area (Å²) in [5.74, 6) is 0.329. The lowest BCUT2D eigenvalue weighted by molar-refractivity contribution is -0.131. The van der Waals surface area contributed by atoms with Crippen molar-refractivity contribution in [3.63, 3.8) is 0 Å². The van der Waals surface area contributed by atoms with Crippen molar-refractivity contribution in [2.75, 3.05) is 45.8 Å². The standard InChI is InChI=1S/C22H27N3O2/c26-21(24-11-3-4-12-24)17-23-10-5-13-25(15-14-23)22(27)20-9-8-18-6-1-2-7-19(18)16-20/h1-2,6-9,16H,3-5,10-15,17H2. The third-order valence-corrected chi connectivity index (χ3v) is 5.69. The van der Waals surface area contributed by atoms with Gasteiger partial charge in [-0.3, -0.25) is 14.5 Å². The molecule has 4 rings (SSSR count). The van der Waals surface area contributed by atoms with E-state index in [1.807, 2.05) is 46.2 Å². The van der Waals surface area contributed by atoms with E-state index in [1.165, 1.54) is 0 Å². The van der Waals surface area contributed by atoms with Gasteiger partial charge in [0.2, 0.25) is 5.91 Å². The Balaban J connectivity index is 1.38. The van der Waals surface area contributed by atoms with Crippen molar-refractivity contribution in [2.45, 2.75) is 19.3 Å². The van der Waals surface area contributed by atoms with Gasteiger partial charge in [0.25, 0.3) is 5.91 Å². The molecule has 0 aromatic heterocycles. The van der Waals surface area contributed by atoms with Crippen molar-refractivity contribution in [3.05, 3.63) is 48.0 Å². The maximum Gasteiger partial charge on any atom is 0.253 e. The maximum atomic E-state index is 13.0. The molecule has 0 radical (unpaired) electrons. The van der Waals surface area contributed by atoms with Crippen LogP contribution in [0.4, 0.5) is 0 Å². The maximum absolute atomic E-state index is 13.0. The second-order valence-corrected chi connectivity index (χ2v) is 7.57. The SMILES string of the molecule is O=C(CN1CCCN(C(=O)c2ccc3ccccc3c2)CC1)N1CCCC1. The molecule has 142 valence electrons. The Morgan fingerprint density at radius 1 is 0.741 bits per heavy atom. The second kappa shape index (κ2) is 8.09. The van der Waals surface area contributed by atoms with Crippen molar-refractivity contribution in [2.24, 2.45) is 0 Å². The number of likely N-dealkylation sites (tertiary alicyclic amines) is 1. The number of carbonyl (C=O) groups is 2. The van der Waals surface area contributed by atoms with Gasteiger partial charge in [-0.15, -0.1) is 0 Å². The smallest absolute Gasteiger partial charge is 0.253 e. The minimum Gasteiger partial charge on any atom is -0.342 e. The summed E-state index contributed by atoms with van der Waals surface area (Å²) in [6.07, 6.45) is 3.16. The molecule has 5 heteroatoms. The van der Waals surface area contributed by atoms with E-state index in [2.05, 4.69) is 11.0 Å². The fourth-order valence-electron chi connectivity index (χ4n) is 4.09. The molecule has 0 aliphatic carbocycles. The van der Waals surface area contributed by atoms with Gasteiger partial charge in [-0.25, -0.2) is 0 Å². The predicted octanol–water partition coefficient (Wildman–Crippen LogP) is 2.61. The summed E-state index contributed by atoms with van der Waals surface area (Å²) in [4.78, 5) is 31.5. The first kappa shape index (κ1) is 18.0. The van der Waals surface area contributed by atoms with Gasteiger partial charge in [-0.2, -0.15) is 0 Å². The van der Waals surface area contributed by atoms with E-state index in [4.69, 9.17) is 0 Å². The summed E-state index contributed by atoms with van der Waals surface area (Å²) in [5, 5.41) is 2.24. The molecule has 2 saturated heterocycles. The average molecular weight is 365 g/mol. The lowest BCUT2D eigenvalue weighted by Crippen LogP contribution is -2.41. The van der Waals surface area contributed by atoms with Gasteiger partial charge >= 0.3 is 0 Å². The number of carbonyl (C=O) groups excluding carboxylic acids is 2. The molecule has 2 fully saturated rings. The van der Waals surface area contributed by atoms with E-state index >= 15 is 0 Å². The zero-order valence-corrected chi connectivity index (χ0v) is 15.8. The van der Waals surface area contributed by atoms with Crippen LogP contribution in [-0.4, -0.2) is 72.3 Å². The lowest BCUT2D eigenvalue weighted by Gasteiger charge is -2.24. The summed E-state index contributed by atoms with van der Waals surface area (Å²) in [6, 6.07) is 14.0. The zero-order valence-electron chi connectivity index (χ0n) is 15.8. The molecule has 2 aliphatic rings. The minimum absolute atomic E-state index is 0.0912. The van der Waals surface area contributed by atoms with Crippen LogP contribution in [0.2, 0.25) is 0 Å². The molecule has 2 amide bonds. The number of hydrogen-bond donors (Lipinski definition) is 0. The molecule has 5 nitrogen and oxygen atoms in total. The largest absolute Gasteiger partial charge is 0.342 e. The summed E-state index contributed by atoms with van der Waals surface area (Å²) in [6.45, 7) is 5.36. The van der Waals surface area contributed by atoms with Gasteiger partial charge in [0.1, 0.15) is 0 Å². The van der Waals surface area contributed by atoms with Crippen molar-refractivity contribution in [1.82, 2.24) is 14.7 Å². The van der Waals surface area contributed by atoms with Gasteiger partial charge < -0.3 is 9.80 Å². The molecule has 2 aromatic rings. The van der Waals surface area contributed by atoms with E-state index in [0.29, 0.717) is 13.1 Å².